The van der Waals surface area contributed by atoms with Gasteiger partial charge in [0.1, 0.15) is 15.3 Å². The zero-order chi connectivity index (χ0) is 9.73. The number of hydrogen-bond acceptors (Lipinski definition) is 3. The summed E-state index contributed by atoms with van der Waals surface area (Å²) in [7, 11) is -1.73. The highest BCUT2D eigenvalue weighted by Crippen LogP contribution is 2.75. The maximum Gasteiger partial charge on any atom is 0.125 e. The molecule has 0 aliphatic carbocycles. The Morgan fingerprint density at radius 3 is 2.31 bits per heavy atom. The van der Waals surface area contributed by atoms with Crippen molar-refractivity contribution in [3.63, 3.8) is 0 Å². The molecule has 0 aliphatic heterocycles. The molecule has 0 bridgehead atoms. The highest BCUT2D eigenvalue weighted by atomic mass is 33.5. The molecule has 0 saturated carbocycles. The lowest BCUT2D eigenvalue weighted by atomic mass is 10.4. The van der Waals surface area contributed by atoms with Gasteiger partial charge in [0.05, 0.1) is 0 Å². The first kappa shape index (κ1) is 11.5. The van der Waals surface area contributed by atoms with Crippen LogP contribution < -0.4 is 0 Å². The molecule has 1 aromatic carbocycles. The van der Waals surface area contributed by atoms with Gasteiger partial charge in [-0.25, -0.2) is 0 Å². The van der Waals surface area contributed by atoms with Gasteiger partial charge in [0.2, 0.25) is 0 Å². The van der Waals surface area contributed by atoms with Crippen molar-refractivity contribution in [2.24, 2.45) is 0 Å². The second-order valence-electron chi connectivity index (χ2n) is 2.51. The minimum atomic E-state index is -1.34. The number of rotatable bonds is 4. The lowest BCUT2D eigenvalue weighted by Crippen LogP contribution is -1.81. The van der Waals surface area contributed by atoms with Crippen molar-refractivity contribution in [1.29, 1.82) is 0 Å². The molecule has 0 aromatic heterocycles. The predicted octanol–water partition coefficient (Wildman–Crippen LogP) is 3.47. The SMILES string of the molecule is CS([PH2]=O)(S[PH2]=O)c1ccccc1. The summed E-state index contributed by atoms with van der Waals surface area (Å²) in [5, 5.41) is 0. The number of hydrogen-bond donors (Lipinski definition) is 0. The second-order valence-corrected chi connectivity index (χ2v) is 14.8. The van der Waals surface area contributed by atoms with Crippen molar-refractivity contribution in [3.8, 4) is 0 Å². The molecule has 0 amide bonds. The molecule has 0 heterocycles. The fraction of sp³-hybridized carbons (Fsp3) is 0.143. The van der Waals surface area contributed by atoms with Crippen LogP contribution in [0.5, 0.6) is 0 Å². The third kappa shape index (κ3) is 2.92. The normalized spacial score (nSPS) is 19.5. The van der Waals surface area contributed by atoms with E-state index in [1.165, 1.54) is 10.4 Å². The quantitative estimate of drug-likeness (QED) is 0.609. The van der Waals surface area contributed by atoms with Crippen molar-refractivity contribution in [1.82, 2.24) is 0 Å². The topological polar surface area (TPSA) is 34.1 Å². The zero-order valence-electron chi connectivity index (χ0n) is 7.17. The lowest BCUT2D eigenvalue weighted by Gasteiger charge is -2.26. The Bertz CT molecular complexity index is 307. The summed E-state index contributed by atoms with van der Waals surface area (Å²) in [6, 6.07) is 9.70. The van der Waals surface area contributed by atoms with Crippen LogP contribution in [0, 0.1) is 0 Å². The van der Waals surface area contributed by atoms with E-state index in [1.807, 2.05) is 36.6 Å². The molecule has 3 unspecified atom stereocenters. The van der Waals surface area contributed by atoms with E-state index in [1.54, 1.807) is 0 Å². The fourth-order valence-electron chi connectivity index (χ4n) is 0.906. The highest BCUT2D eigenvalue weighted by molar-refractivity contribution is 9.21. The van der Waals surface area contributed by atoms with Crippen molar-refractivity contribution >= 4 is 34.4 Å². The molecule has 0 aliphatic rings. The Balaban J connectivity index is 3.02. The molecule has 0 radical (unpaired) electrons. The van der Waals surface area contributed by atoms with Crippen LogP contribution >= 0.6 is 34.4 Å². The minimum Gasteiger partial charge on any atom is -0.319 e. The Kier molecular flexibility index (Phi) is 4.68. The molecule has 1 rings (SSSR count). The molecule has 74 valence electrons. The third-order valence-corrected chi connectivity index (χ3v) is 15.6. The monoisotopic (exact) mass is 254 g/mol. The molecule has 3 atom stereocenters. The zero-order valence-corrected chi connectivity index (χ0v) is 11.1. The van der Waals surface area contributed by atoms with Crippen LogP contribution in [0.25, 0.3) is 0 Å². The smallest absolute Gasteiger partial charge is 0.125 e. The molecule has 1 aromatic rings. The summed E-state index contributed by atoms with van der Waals surface area (Å²) in [6.45, 7) is 0. The van der Waals surface area contributed by atoms with Gasteiger partial charge < -0.3 is 9.13 Å². The van der Waals surface area contributed by atoms with Crippen LogP contribution in [0.15, 0.2) is 35.2 Å². The van der Waals surface area contributed by atoms with Gasteiger partial charge in [0.25, 0.3) is 0 Å². The molecular weight excluding hydrogens is 242 g/mol. The van der Waals surface area contributed by atoms with Crippen molar-refractivity contribution in [2.45, 2.75) is 4.90 Å². The third-order valence-electron chi connectivity index (χ3n) is 1.63. The summed E-state index contributed by atoms with van der Waals surface area (Å²) in [5.41, 5.74) is 0. The van der Waals surface area contributed by atoms with E-state index in [2.05, 4.69) is 0 Å². The fourth-order valence-corrected chi connectivity index (χ4v) is 9.46. The first-order valence-corrected chi connectivity index (χ1v) is 10.9. The van der Waals surface area contributed by atoms with E-state index in [-0.39, 0.29) is 0 Å². The average molecular weight is 254 g/mol. The Morgan fingerprint density at radius 2 is 1.85 bits per heavy atom. The van der Waals surface area contributed by atoms with E-state index in [0.29, 0.717) is 0 Å². The van der Waals surface area contributed by atoms with E-state index in [9.17, 15) is 9.13 Å². The standard InChI is InChI=1S/C7H12O2P2S2/c1-13(11-9,12-10-8)7-5-3-2-4-6-7/h2-6H,10-11H2,1H3. The first-order chi connectivity index (χ1) is 6.23. The maximum atomic E-state index is 11.1. The van der Waals surface area contributed by atoms with Crippen molar-refractivity contribution in [2.75, 3.05) is 6.26 Å². The van der Waals surface area contributed by atoms with Crippen LogP contribution in [0.4, 0.5) is 0 Å². The summed E-state index contributed by atoms with van der Waals surface area (Å²) >= 11 is 0. The van der Waals surface area contributed by atoms with Crippen LogP contribution in [-0.2, 0) is 9.13 Å². The van der Waals surface area contributed by atoms with Crippen LogP contribution in [-0.4, -0.2) is 6.26 Å². The Hall–Kier alpha value is 0.380. The molecule has 13 heavy (non-hydrogen) atoms. The minimum absolute atomic E-state index is 0.877. The average Bonchev–Trinajstić information content (AvgIpc) is 2.19. The molecule has 0 N–H and O–H groups in total. The van der Waals surface area contributed by atoms with E-state index in [0.717, 1.165) is 4.90 Å². The number of benzene rings is 1. The van der Waals surface area contributed by atoms with Gasteiger partial charge in [-0.3, -0.25) is 0 Å². The molecular formula is C7H12O2P2S2. The molecule has 2 nitrogen and oxygen atoms in total. The van der Waals surface area contributed by atoms with Crippen LogP contribution in [0.2, 0.25) is 0 Å². The summed E-state index contributed by atoms with van der Waals surface area (Å²) in [6.07, 6.45) is 1.96. The maximum absolute atomic E-state index is 11.1. The van der Waals surface area contributed by atoms with E-state index < -0.39 is 24.0 Å². The van der Waals surface area contributed by atoms with E-state index >= 15 is 0 Å². The Labute approximate surface area is 85.1 Å². The second kappa shape index (κ2) is 5.31. The van der Waals surface area contributed by atoms with Gasteiger partial charge in [-0.05, 0) is 28.8 Å². The lowest BCUT2D eigenvalue weighted by molar-refractivity contribution is 0.604. The molecule has 6 heteroatoms. The van der Waals surface area contributed by atoms with Gasteiger partial charge in [0.15, 0.2) is 0 Å². The largest absolute Gasteiger partial charge is 0.319 e. The Morgan fingerprint density at radius 1 is 1.23 bits per heavy atom. The summed E-state index contributed by atoms with van der Waals surface area (Å²) in [4.78, 5) is 1.08. The van der Waals surface area contributed by atoms with Gasteiger partial charge in [-0.1, -0.05) is 18.2 Å². The summed E-state index contributed by atoms with van der Waals surface area (Å²) in [5.74, 6) is 0. The van der Waals surface area contributed by atoms with Gasteiger partial charge in [0, 0.05) is 4.90 Å². The molecule has 0 saturated heterocycles. The van der Waals surface area contributed by atoms with Crippen LogP contribution in [0.1, 0.15) is 0 Å². The molecule has 0 spiro atoms. The highest BCUT2D eigenvalue weighted by Gasteiger charge is 2.18. The van der Waals surface area contributed by atoms with Gasteiger partial charge >= 0.3 is 0 Å². The van der Waals surface area contributed by atoms with E-state index in [4.69, 9.17) is 0 Å². The van der Waals surface area contributed by atoms with Crippen LogP contribution in [0.3, 0.4) is 0 Å². The summed E-state index contributed by atoms with van der Waals surface area (Å²) < 4.78 is 21.7. The first-order valence-electron chi connectivity index (χ1n) is 3.63. The van der Waals surface area contributed by atoms with Gasteiger partial charge in [-0.2, -0.15) is 0 Å². The van der Waals surface area contributed by atoms with Gasteiger partial charge in [-0.15, -0.1) is 8.68 Å². The predicted molar refractivity (Wildman–Crippen MR) is 66.6 cm³/mol. The molecule has 0 fully saturated rings. The van der Waals surface area contributed by atoms with Crippen molar-refractivity contribution in [3.05, 3.63) is 30.3 Å². The van der Waals surface area contributed by atoms with Crippen molar-refractivity contribution < 1.29 is 9.13 Å².